The van der Waals surface area contributed by atoms with Crippen LogP contribution in [0.2, 0.25) is 0 Å². The number of aryl methyl sites for hydroxylation is 1. The van der Waals surface area contributed by atoms with Gasteiger partial charge in [0.2, 0.25) is 5.95 Å². The fourth-order valence-electron chi connectivity index (χ4n) is 1.98. The molecule has 2 aromatic heterocycles. The molecule has 0 unspecified atom stereocenters. The fraction of sp³-hybridized carbons (Fsp3) is 0.500. The smallest absolute Gasteiger partial charge is 0.395 e. The molecule has 0 aliphatic carbocycles. The molecule has 5 nitrogen and oxygen atoms in total. The molecular formula is C12H15F3N4OS. The predicted molar refractivity (Wildman–Crippen MR) is 77.1 cm³/mol. The second kappa shape index (κ2) is 6.02. The summed E-state index contributed by atoms with van der Waals surface area (Å²) in [5.74, 6) is 0.435. The van der Waals surface area contributed by atoms with Gasteiger partial charge in [-0.2, -0.15) is 18.2 Å². The quantitative estimate of drug-likeness (QED) is 0.886. The van der Waals surface area contributed by atoms with Gasteiger partial charge in [-0.3, -0.25) is 0 Å². The molecule has 0 fully saturated rings. The van der Waals surface area contributed by atoms with Crippen molar-refractivity contribution in [1.29, 1.82) is 0 Å². The number of alkyl halides is 3. The van der Waals surface area contributed by atoms with E-state index in [1.165, 1.54) is 11.3 Å². The zero-order chi connectivity index (χ0) is 15.6. The number of halogens is 3. The van der Waals surface area contributed by atoms with E-state index in [0.29, 0.717) is 10.2 Å². The third kappa shape index (κ3) is 3.73. The fourth-order valence-corrected chi connectivity index (χ4v) is 2.85. The van der Waals surface area contributed by atoms with Gasteiger partial charge >= 0.3 is 6.18 Å². The molecule has 2 aromatic rings. The van der Waals surface area contributed by atoms with Crippen LogP contribution in [0.3, 0.4) is 0 Å². The normalized spacial score (nSPS) is 11.9. The highest BCUT2D eigenvalue weighted by atomic mass is 32.1. The first-order chi connectivity index (χ1) is 9.84. The van der Waals surface area contributed by atoms with E-state index in [9.17, 15) is 13.2 Å². The Labute approximate surface area is 123 Å². The molecule has 2 N–H and O–H groups in total. The number of anilines is 2. The lowest BCUT2D eigenvalue weighted by atomic mass is 10.3. The highest BCUT2D eigenvalue weighted by Gasteiger charge is 2.32. The van der Waals surface area contributed by atoms with E-state index in [1.807, 2.05) is 6.92 Å². The van der Waals surface area contributed by atoms with Crippen LogP contribution < -0.4 is 10.2 Å². The van der Waals surface area contributed by atoms with Gasteiger partial charge in [0, 0.05) is 18.5 Å². The van der Waals surface area contributed by atoms with Gasteiger partial charge in [-0.05, 0) is 13.0 Å². The van der Waals surface area contributed by atoms with Gasteiger partial charge < -0.3 is 15.3 Å². The van der Waals surface area contributed by atoms with E-state index < -0.39 is 12.7 Å². The maximum absolute atomic E-state index is 12.7. The number of aliphatic hydroxyl groups excluding tert-OH is 1. The molecule has 0 saturated carbocycles. The molecule has 0 aliphatic rings. The van der Waals surface area contributed by atoms with Crippen molar-refractivity contribution in [1.82, 2.24) is 9.97 Å². The zero-order valence-corrected chi connectivity index (χ0v) is 12.3. The number of thiophene rings is 1. The predicted octanol–water partition coefficient (Wildman–Crippen LogP) is 2.40. The minimum atomic E-state index is -4.38. The molecule has 0 amide bonds. The van der Waals surface area contributed by atoms with Gasteiger partial charge in [-0.15, -0.1) is 11.3 Å². The first-order valence-electron chi connectivity index (χ1n) is 6.22. The Hall–Kier alpha value is -1.61. The molecule has 2 heterocycles. The number of aliphatic hydroxyl groups is 1. The van der Waals surface area contributed by atoms with Crippen molar-refractivity contribution >= 4 is 33.3 Å². The summed E-state index contributed by atoms with van der Waals surface area (Å²) in [6.45, 7) is 0.149. The van der Waals surface area contributed by atoms with Crippen molar-refractivity contribution in [2.75, 3.05) is 37.0 Å². The Morgan fingerprint density at radius 1 is 1.38 bits per heavy atom. The summed E-state index contributed by atoms with van der Waals surface area (Å²) in [5, 5.41) is 12.3. The van der Waals surface area contributed by atoms with Crippen LogP contribution in [0.5, 0.6) is 0 Å². The van der Waals surface area contributed by atoms with Crippen LogP contribution in [0.1, 0.15) is 4.88 Å². The first-order valence-corrected chi connectivity index (χ1v) is 7.04. The maximum atomic E-state index is 12.7. The average Bonchev–Trinajstić information content (AvgIpc) is 2.75. The lowest BCUT2D eigenvalue weighted by molar-refractivity contribution is -0.119. The van der Waals surface area contributed by atoms with Crippen LogP contribution in [0.25, 0.3) is 10.2 Å². The summed E-state index contributed by atoms with van der Waals surface area (Å²) in [6, 6.07) is 1.76. The first kappa shape index (κ1) is 15.8. The summed E-state index contributed by atoms with van der Waals surface area (Å²) in [5.41, 5.74) is 0. The molecule has 9 heteroatoms. The van der Waals surface area contributed by atoms with Gasteiger partial charge in [0.25, 0.3) is 0 Å². The summed E-state index contributed by atoms with van der Waals surface area (Å²) in [6.07, 6.45) is -4.38. The number of hydrogen-bond acceptors (Lipinski definition) is 6. The highest BCUT2D eigenvalue weighted by Crippen LogP contribution is 2.33. The van der Waals surface area contributed by atoms with Crippen LogP contribution in [0.15, 0.2) is 6.07 Å². The molecule has 0 aromatic carbocycles. The second-order valence-electron chi connectivity index (χ2n) is 4.46. The molecule has 116 valence electrons. The Bertz CT molecular complexity index is 629. The number of rotatable bonds is 5. The SMILES string of the molecule is CNc1nc(N(CCO)CC(F)(F)F)c2cc(C)sc2n1. The molecule has 0 bridgehead atoms. The van der Waals surface area contributed by atoms with E-state index in [4.69, 9.17) is 5.11 Å². The molecule has 0 spiro atoms. The van der Waals surface area contributed by atoms with E-state index in [1.54, 1.807) is 13.1 Å². The topological polar surface area (TPSA) is 61.3 Å². The minimum Gasteiger partial charge on any atom is -0.395 e. The number of aromatic nitrogens is 2. The summed E-state index contributed by atoms with van der Waals surface area (Å²) in [7, 11) is 1.60. The van der Waals surface area contributed by atoms with Crippen LogP contribution in [-0.2, 0) is 0 Å². The third-order valence-corrected chi connectivity index (χ3v) is 3.70. The zero-order valence-electron chi connectivity index (χ0n) is 11.5. The maximum Gasteiger partial charge on any atom is 0.405 e. The van der Waals surface area contributed by atoms with Crippen LogP contribution in [-0.4, -0.2) is 48.0 Å². The van der Waals surface area contributed by atoms with Crippen molar-refractivity contribution in [3.05, 3.63) is 10.9 Å². The molecule has 0 atom stereocenters. The van der Waals surface area contributed by atoms with Crippen LogP contribution in [0, 0.1) is 6.92 Å². The Morgan fingerprint density at radius 2 is 2.10 bits per heavy atom. The summed E-state index contributed by atoms with van der Waals surface area (Å²) in [4.78, 5) is 11.0. The van der Waals surface area contributed by atoms with Crippen LogP contribution >= 0.6 is 11.3 Å². The van der Waals surface area contributed by atoms with Gasteiger partial charge in [0.05, 0.1) is 12.0 Å². The average molecular weight is 320 g/mol. The molecule has 0 saturated heterocycles. The van der Waals surface area contributed by atoms with Crippen molar-refractivity contribution in [3.8, 4) is 0 Å². The monoisotopic (exact) mass is 320 g/mol. The number of hydrogen-bond donors (Lipinski definition) is 2. The van der Waals surface area contributed by atoms with Gasteiger partial charge in [0.1, 0.15) is 17.2 Å². The minimum absolute atomic E-state index is 0.149. The standard InChI is InChI=1S/C12H15F3N4OS/c1-7-5-8-9(17-11(16-2)18-10(8)21-7)19(3-4-20)6-12(13,14)15/h5,20H,3-4,6H2,1-2H3,(H,16,17,18). The lowest BCUT2D eigenvalue weighted by Gasteiger charge is -2.24. The number of fused-ring (bicyclic) bond motifs is 1. The van der Waals surface area contributed by atoms with E-state index in [0.717, 1.165) is 9.78 Å². The van der Waals surface area contributed by atoms with Gasteiger partial charge in [0.15, 0.2) is 0 Å². The summed E-state index contributed by atoms with van der Waals surface area (Å²) < 4.78 is 38.2. The molecule has 0 radical (unpaired) electrons. The van der Waals surface area contributed by atoms with Crippen molar-refractivity contribution in [3.63, 3.8) is 0 Å². The number of nitrogens with zero attached hydrogens (tertiary/aromatic N) is 3. The largest absolute Gasteiger partial charge is 0.405 e. The molecule has 2 rings (SSSR count). The van der Waals surface area contributed by atoms with Crippen molar-refractivity contribution in [2.24, 2.45) is 0 Å². The second-order valence-corrected chi connectivity index (χ2v) is 5.69. The van der Waals surface area contributed by atoms with E-state index in [-0.39, 0.29) is 24.9 Å². The molecule has 21 heavy (non-hydrogen) atoms. The Morgan fingerprint density at radius 3 is 2.67 bits per heavy atom. The van der Waals surface area contributed by atoms with Crippen LogP contribution in [0.4, 0.5) is 24.9 Å². The van der Waals surface area contributed by atoms with E-state index >= 15 is 0 Å². The molecular weight excluding hydrogens is 305 g/mol. The third-order valence-electron chi connectivity index (χ3n) is 2.76. The Balaban J connectivity index is 2.54. The number of nitrogens with one attached hydrogen (secondary N) is 1. The Kier molecular flexibility index (Phi) is 4.52. The van der Waals surface area contributed by atoms with Crippen molar-refractivity contribution in [2.45, 2.75) is 13.1 Å². The summed E-state index contributed by atoms with van der Waals surface area (Å²) >= 11 is 1.39. The lowest BCUT2D eigenvalue weighted by Crippen LogP contribution is -2.37. The van der Waals surface area contributed by atoms with E-state index in [2.05, 4.69) is 15.3 Å². The van der Waals surface area contributed by atoms with Crippen molar-refractivity contribution < 1.29 is 18.3 Å². The molecule has 0 aliphatic heterocycles. The van der Waals surface area contributed by atoms with Gasteiger partial charge in [-0.25, -0.2) is 4.98 Å². The highest BCUT2D eigenvalue weighted by molar-refractivity contribution is 7.18. The van der Waals surface area contributed by atoms with Gasteiger partial charge in [-0.1, -0.05) is 0 Å².